The van der Waals surface area contributed by atoms with Crippen LogP contribution in [0.15, 0.2) is 12.7 Å². The standard InChI is InChI=1S/C28H58NO3P/c1-6-8-9-10-11-12-13-14-15-16-17-18-19-20-21-22-23-24-25-27-32-33(30,31)28(26-7-2)29(3,4)5/h6,28H,1,7-27H2,2-5H3/p+1. The minimum Gasteiger partial charge on any atom is -0.320 e. The van der Waals surface area contributed by atoms with Gasteiger partial charge in [-0.1, -0.05) is 109 Å². The van der Waals surface area contributed by atoms with E-state index in [9.17, 15) is 9.46 Å². The van der Waals surface area contributed by atoms with Crippen molar-refractivity contribution < 1.29 is 18.5 Å². The highest BCUT2D eigenvalue weighted by molar-refractivity contribution is 7.53. The Morgan fingerprint density at radius 1 is 0.758 bits per heavy atom. The Morgan fingerprint density at radius 3 is 1.45 bits per heavy atom. The lowest BCUT2D eigenvalue weighted by Gasteiger charge is -2.35. The molecule has 0 bridgehead atoms. The summed E-state index contributed by atoms with van der Waals surface area (Å²) in [5, 5.41) is 0. The molecule has 0 amide bonds. The molecule has 2 atom stereocenters. The summed E-state index contributed by atoms with van der Waals surface area (Å²) in [5.74, 6) is -0.333. The van der Waals surface area contributed by atoms with Gasteiger partial charge in [-0.25, -0.2) is 0 Å². The van der Waals surface area contributed by atoms with Crippen molar-refractivity contribution in [1.82, 2.24) is 0 Å². The zero-order valence-electron chi connectivity index (χ0n) is 22.9. The smallest absolute Gasteiger partial charge is 0.320 e. The second kappa shape index (κ2) is 21.2. The van der Waals surface area contributed by atoms with Crippen molar-refractivity contribution in [1.29, 1.82) is 0 Å². The highest BCUT2D eigenvalue weighted by Crippen LogP contribution is 2.51. The van der Waals surface area contributed by atoms with Gasteiger partial charge in [0.25, 0.3) is 0 Å². The lowest BCUT2D eigenvalue weighted by molar-refractivity contribution is -0.883. The van der Waals surface area contributed by atoms with E-state index < -0.39 is 7.60 Å². The Bertz CT molecular complexity index is 490. The van der Waals surface area contributed by atoms with Crippen molar-refractivity contribution in [2.75, 3.05) is 27.7 Å². The molecule has 0 aliphatic heterocycles. The van der Waals surface area contributed by atoms with Crippen LogP contribution in [0, 0.1) is 0 Å². The van der Waals surface area contributed by atoms with Crippen LogP contribution in [0.4, 0.5) is 0 Å². The molecule has 0 saturated heterocycles. The summed E-state index contributed by atoms with van der Waals surface area (Å²) in [6.45, 7) is 6.24. The second-order valence-corrected chi connectivity index (χ2v) is 12.9. The normalized spacial score (nSPS) is 14.8. The van der Waals surface area contributed by atoms with Crippen LogP contribution in [0.5, 0.6) is 0 Å². The van der Waals surface area contributed by atoms with Gasteiger partial charge in [-0.2, -0.15) is 0 Å². The van der Waals surface area contributed by atoms with Gasteiger partial charge in [0.1, 0.15) is 0 Å². The third kappa shape index (κ3) is 19.8. The van der Waals surface area contributed by atoms with Crippen molar-refractivity contribution >= 4 is 7.60 Å². The summed E-state index contributed by atoms with van der Waals surface area (Å²) in [4.78, 5) is 10.4. The fraction of sp³-hybridized carbons (Fsp3) is 0.929. The van der Waals surface area contributed by atoms with Crippen LogP contribution in [-0.2, 0) is 9.09 Å². The lowest BCUT2D eigenvalue weighted by atomic mass is 10.0. The average Bonchev–Trinajstić information content (AvgIpc) is 2.75. The molecule has 0 aromatic heterocycles. The summed E-state index contributed by atoms with van der Waals surface area (Å²) >= 11 is 0. The number of nitrogens with zero attached hydrogens (tertiary/aromatic N) is 1. The van der Waals surface area contributed by atoms with Crippen molar-refractivity contribution in [3.63, 3.8) is 0 Å². The fourth-order valence-corrected chi connectivity index (χ4v) is 6.59. The SMILES string of the molecule is C=CCCCCCCCCCCCCCCCCCCCOP(=O)(O)C(CCC)[N+](C)(C)C. The zero-order valence-corrected chi connectivity index (χ0v) is 23.8. The third-order valence-electron chi connectivity index (χ3n) is 6.65. The highest BCUT2D eigenvalue weighted by atomic mass is 31.2. The molecule has 0 aromatic carbocycles. The predicted octanol–water partition coefficient (Wildman–Crippen LogP) is 9.23. The molecule has 0 heterocycles. The van der Waals surface area contributed by atoms with Gasteiger partial charge in [0.15, 0.2) is 5.78 Å². The zero-order chi connectivity index (χ0) is 24.8. The molecule has 0 aromatic rings. The molecule has 33 heavy (non-hydrogen) atoms. The first-order valence-corrected chi connectivity index (χ1v) is 15.8. The van der Waals surface area contributed by atoms with Gasteiger partial charge in [0, 0.05) is 6.42 Å². The van der Waals surface area contributed by atoms with E-state index in [1.807, 2.05) is 27.2 Å². The predicted molar refractivity (Wildman–Crippen MR) is 146 cm³/mol. The maximum atomic E-state index is 12.7. The van der Waals surface area contributed by atoms with E-state index in [1.165, 1.54) is 103 Å². The van der Waals surface area contributed by atoms with Crippen LogP contribution < -0.4 is 0 Å². The van der Waals surface area contributed by atoms with Gasteiger partial charge in [-0.15, -0.1) is 6.58 Å². The molecule has 0 spiro atoms. The van der Waals surface area contributed by atoms with E-state index >= 15 is 0 Å². The Balaban J connectivity index is 3.45. The number of unbranched alkanes of at least 4 members (excludes halogenated alkanes) is 17. The first-order valence-electron chi connectivity index (χ1n) is 14.1. The number of quaternary nitrogens is 1. The molecule has 198 valence electrons. The van der Waals surface area contributed by atoms with Crippen molar-refractivity contribution in [2.24, 2.45) is 0 Å². The van der Waals surface area contributed by atoms with Gasteiger partial charge < -0.3 is 13.9 Å². The summed E-state index contributed by atoms with van der Waals surface area (Å²) in [6, 6.07) is 0. The maximum absolute atomic E-state index is 12.7. The molecule has 5 heteroatoms. The minimum atomic E-state index is -3.57. The largest absolute Gasteiger partial charge is 0.385 e. The van der Waals surface area contributed by atoms with E-state index in [1.54, 1.807) is 0 Å². The number of rotatable bonds is 25. The number of hydrogen-bond donors (Lipinski definition) is 1. The van der Waals surface area contributed by atoms with E-state index in [2.05, 4.69) is 13.5 Å². The van der Waals surface area contributed by atoms with Crippen molar-refractivity contribution in [3.05, 3.63) is 12.7 Å². The molecule has 0 rings (SSSR count). The van der Waals surface area contributed by atoms with E-state index in [0.717, 1.165) is 19.3 Å². The molecule has 4 nitrogen and oxygen atoms in total. The summed E-state index contributed by atoms with van der Waals surface area (Å²) in [6.07, 6.45) is 27.3. The van der Waals surface area contributed by atoms with E-state index in [4.69, 9.17) is 4.52 Å². The monoisotopic (exact) mass is 488 g/mol. The Hall–Kier alpha value is -0.150. The van der Waals surface area contributed by atoms with E-state index in [0.29, 0.717) is 17.5 Å². The maximum Gasteiger partial charge on any atom is 0.385 e. The first-order chi connectivity index (χ1) is 15.8. The first kappa shape index (κ1) is 32.8. The molecule has 0 radical (unpaired) electrons. The quantitative estimate of drug-likeness (QED) is 0.0603. The molecule has 2 unspecified atom stereocenters. The Kier molecular flexibility index (Phi) is 21.1. The molecule has 0 aliphatic rings. The fourth-order valence-electron chi connectivity index (χ4n) is 4.57. The van der Waals surface area contributed by atoms with Crippen LogP contribution in [0.1, 0.15) is 135 Å². The molecule has 0 saturated carbocycles. The minimum absolute atomic E-state index is 0.333. The molecule has 1 N–H and O–H groups in total. The Morgan fingerprint density at radius 2 is 1.12 bits per heavy atom. The van der Waals surface area contributed by atoms with Gasteiger partial charge in [0.2, 0.25) is 0 Å². The topological polar surface area (TPSA) is 46.5 Å². The molecular formula is C28H59NO3P+. The average molecular weight is 489 g/mol. The molecular weight excluding hydrogens is 429 g/mol. The van der Waals surface area contributed by atoms with Crippen molar-refractivity contribution in [3.8, 4) is 0 Å². The van der Waals surface area contributed by atoms with Gasteiger partial charge in [-0.3, -0.25) is 4.57 Å². The number of hydrogen-bond acceptors (Lipinski definition) is 2. The second-order valence-electron chi connectivity index (χ2n) is 10.9. The third-order valence-corrected chi connectivity index (χ3v) is 8.90. The van der Waals surface area contributed by atoms with Gasteiger partial charge >= 0.3 is 7.60 Å². The van der Waals surface area contributed by atoms with Crippen LogP contribution in [-0.4, -0.2) is 42.9 Å². The van der Waals surface area contributed by atoms with E-state index in [-0.39, 0.29) is 5.78 Å². The highest BCUT2D eigenvalue weighted by Gasteiger charge is 2.41. The van der Waals surface area contributed by atoms with Gasteiger partial charge in [0.05, 0.1) is 27.7 Å². The van der Waals surface area contributed by atoms with Crippen LogP contribution >= 0.6 is 7.60 Å². The molecule has 0 fully saturated rings. The van der Waals surface area contributed by atoms with Crippen LogP contribution in [0.25, 0.3) is 0 Å². The van der Waals surface area contributed by atoms with Crippen LogP contribution in [0.3, 0.4) is 0 Å². The summed E-state index contributed by atoms with van der Waals surface area (Å²) < 4.78 is 18.6. The summed E-state index contributed by atoms with van der Waals surface area (Å²) in [5.41, 5.74) is 0. The van der Waals surface area contributed by atoms with Crippen LogP contribution in [0.2, 0.25) is 0 Å². The number of allylic oxidation sites excluding steroid dienone is 1. The van der Waals surface area contributed by atoms with Gasteiger partial charge in [-0.05, 0) is 25.7 Å². The molecule has 0 aliphatic carbocycles. The Labute approximate surface area is 207 Å². The van der Waals surface area contributed by atoms with Crippen molar-refractivity contribution in [2.45, 2.75) is 141 Å². The summed E-state index contributed by atoms with van der Waals surface area (Å²) in [7, 11) is 2.36. The lowest BCUT2D eigenvalue weighted by Crippen LogP contribution is -2.45.